The molecule has 4 nitrogen and oxygen atoms in total. The summed E-state index contributed by atoms with van der Waals surface area (Å²) in [6.07, 6.45) is 3.27. The fourth-order valence-corrected chi connectivity index (χ4v) is 3.41. The highest BCUT2D eigenvalue weighted by Crippen LogP contribution is 2.27. The van der Waals surface area contributed by atoms with Crippen molar-refractivity contribution in [1.82, 2.24) is 9.55 Å². The third-order valence-electron chi connectivity index (χ3n) is 4.68. The van der Waals surface area contributed by atoms with Crippen LogP contribution in [0.2, 0.25) is 0 Å². The molecule has 1 fully saturated rings. The van der Waals surface area contributed by atoms with Gasteiger partial charge in [0.25, 0.3) is 0 Å². The van der Waals surface area contributed by atoms with Gasteiger partial charge in [0.2, 0.25) is 5.95 Å². The second kappa shape index (κ2) is 6.15. The summed E-state index contributed by atoms with van der Waals surface area (Å²) in [7, 11) is 0. The lowest BCUT2D eigenvalue weighted by molar-refractivity contribution is 0.625. The van der Waals surface area contributed by atoms with Crippen molar-refractivity contribution in [3.63, 3.8) is 0 Å². The van der Waals surface area contributed by atoms with E-state index in [0.29, 0.717) is 0 Å². The Kier molecular flexibility index (Phi) is 3.84. The SMILES string of the molecule is Nc1ccc2c(c1)nc(N1CCCC1)n2CCc1ccc(F)cc1. The van der Waals surface area contributed by atoms with Crippen molar-refractivity contribution in [1.29, 1.82) is 0 Å². The fourth-order valence-electron chi connectivity index (χ4n) is 3.41. The second-order valence-electron chi connectivity index (χ2n) is 6.38. The molecule has 0 bridgehead atoms. The van der Waals surface area contributed by atoms with E-state index in [2.05, 4.69) is 9.47 Å². The van der Waals surface area contributed by atoms with Gasteiger partial charge < -0.3 is 15.2 Å². The molecule has 3 aromatic rings. The van der Waals surface area contributed by atoms with Gasteiger partial charge in [0.15, 0.2) is 0 Å². The average Bonchev–Trinajstić information content (AvgIpc) is 3.21. The molecule has 0 unspecified atom stereocenters. The maximum atomic E-state index is 13.1. The number of nitrogens with two attached hydrogens (primary N) is 1. The minimum atomic E-state index is -0.194. The molecule has 2 aromatic carbocycles. The standard InChI is InChI=1S/C19H21FN4/c20-15-5-3-14(4-6-15)9-12-24-18-8-7-16(21)13-17(18)22-19(24)23-10-1-2-11-23/h3-8,13H,1-2,9-12,21H2. The Morgan fingerprint density at radius 3 is 2.54 bits per heavy atom. The molecule has 5 heteroatoms. The van der Waals surface area contributed by atoms with Gasteiger partial charge in [0.1, 0.15) is 5.82 Å². The molecule has 0 atom stereocenters. The summed E-state index contributed by atoms with van der Waals surface area (Å²) >= 11 is 0. The maximum Gasteiger partial charge on any atom is 0.206 e. The molecule has 0 aliphatic carbocycles. The molecule has 0 saturated carbocycles. The van der Waals surface area contributed by atoms with E-state index in [1.807, 2.05) is 30.3 Å². The zero-order chi connectivity index (χ0) is 16.5. The van der Waals surface area contributed by atoms with Gasteiger partial charge in [0, 0.05) is 25.3 Å². The highest BCUT2D eigenvalue weighted by molar-refractivity contribution is 5.82. The molecule has 4 rings (SSSR count). The molecule has 0 radical (unpaired) electrons. The molecular weight excluding hydrogens is 303 g/mol. The van der Waals surface area contributed by atoms with Crippen LogP contribution < -0.4 is 10.6 Å². The average molecular weight is 324 g/mol. The normalized spacial score (nSPS) is 14.6. The Balaban J connectivity index is 1.68. The van der Waals surface area contributed by atoms with Crippen LogP contribution in [0.15, 0.2) is 42.5 Å². The largest absolute Gasteiger partial charge is 0.399 e. The van der Waals surface area contributed by atoms with Crippen LogP contribution in [0.1, 0.15) is 18.4 Å². The van der Waals surface area contributed by atoms with Crippen LogP contribution in [0, 0.1) is 5.82 Å². The number of nitrogens with zero attached hydrogens (tertiary/aromatic N) is 3. The number of rotatable bonds is 4. The van der Waals surface area contributed by atoms with Crippen LogP contribution in [-0.2, 0) is 13.0 Å². The number of fused-ring (bicyclic) bond motifs is 1. The first-order valence-corrected chi connectivity index (χ1v) is 8.46. The second-order valence-corrected chi connectivity index (χ2v) is 6.38. The lowest BCUT2D eigenvalue weighted by atomic mass is 10.1. The van der Waals surface area contributed by atoms with Gasteiger partial charge in [-0.2, -0.15) is 0 Å². The van der Waals surface area contributed by atoms with Crippen LogP contribution in [0.25, 0.3) is 11.0 Å². The number of anilines is 2. The minimum absolute atomic E-state index is 0.194. The van der Waals surface area contributed by atoms with Gasteiger partial charge in [-0.3, -0.25) is 0 Å². The number of aromatic nitrogens is 2. The van der Waals surface area contributed by atoms with Crippen molar-refractivity contribution in [2.75, 3.05) is 23.7 Å². The van der Waals surface area contributed by atoms with E-state index >= 15 is 0 Å². The Morgan fingerprint density at radius 1 is 1.04 bits per heavy atom. The van der Waals surface area contributed by atoms with Gasteiger partial charge in [-0.15, -0.1) is 0 Å². The number of aryl methyl sites for hydroxylation is 2. The number of imidazole rings is 1. The number of hydrogen-bond donors (Lipinski definition) is 1. The molecule has 0 spiro atoms. The van der Waals surface area contributed by atoms with Crippen molar-refractivity contribution in [3.05, 3.63) is 53.8 Å². The van der Waals surface area contributed by atoms with Gasteiger partial charge in [-0.05, 0) is 55.2 Å². The minimum Gasteiger partial charge on any atom is -0.399 e. The molecule has 1 saturated heterocycles. The summed E-state index contributed by atoms with van der Waals surface area (Å²) in [5.74, 6) is 0.829. The highest BCUT2D eigenvalue weighted by Gasteiger charge is 2.20. The lowest BCUT2D eigenvalue weighted by Gasteiger charge is -2.18. The van der Waals surface area contributed by atoms with E-state index in [0.717, 1.165) is 54.3 Å². The van der Waals surface area contributed by atoms with Crippen molar-refractivity contribution in [2.24, 2.45) is 0 Å². The van der Waals surface area contributed by atoms with Crippen molar-refractivity contribution < 1.29 is 4.39 Å². The van der Waals surface area contributed by atoms with E-state index in [9.17, 15) is 4.39 Å². The fraction of sp³-hybridized carbons (Fsp3) is 0.316. The van der Waals surface area contributed by atoms with Crippen LogP contribution in [-0.4, -0.2) is 22.6 Å². The lowest BCUT2D eigenvalue weighted by Crippen LogP contribution is -2.22. The van der Waals surface area contributed by atoms with Gasteiger partial charge in [0.05, 0.1) is 11.0 Å². The number of nitrogen functional groups attached to an aromatic ring is 1. The quantitative estimate of drug-likeness (QED) is 0.746. The summed E-state index contributed by atoms with van der Waals surface area (Å²) in [6.45, 7) is 2.92. The number of hydrogen-bond acceptors (Lipinski definition) is 3. The molecule has 24 heavy (non-hydrogen) atoms. The van der Waals surface area contributed by atoms with Gasteiger partial charge in [-0.1, -0.05) is 12.1 Å². The molecule has 1 aromatic heterocycles. The molecular formula is C19H21FN4. The first kappa shape index (κ1) is 15.0. The van der Waals surface area contributed by atoms with Crippen molar-refractivity contribution >= 4 is 22.7 Å². The summed E-state index contributed by atoms with van der Waals surface area (Å²) in [6, 6.07) is 12.6. The topological polar surface area (TPSA) is 47.1 Å². The van der Waals surface area contributed by atoms with Crippen molar-refractivity contribution in [2.45, 2.75) is 25.8 Å². The van der Waals surface area contributed by atoms with E-state index in [4.69, 9.17) is 10.7 Å². The third kappa shape index (κ3) is 2.82. The molecule has 1 aliphatic rings. The maximum absolute atomic E-state index is 13.1. The molecule has 0 amide bonds. The summed E-state index contributed by atoms with van der Waals surface area (Å²) in [4.78, 5) is 7.18. The van der Waals surface area contributed by atoms with Gasteiger partial charge >= 0.3 is 0 Å². The molecule has 2 N–H and O–H groups in total. The van der Waals surface area contributed by atoms with Crippen LogP contribution in [0.3, 0.4) is 0 Å². The number of benzene rings is 2. The molecule has 124 valence electrons. The Morgan fingerprint density at radius 2 is 1.79 bits per heavy atom. The predicted molar refractivity (Wildman–Crippen MR) is 95.7 cm³/mol. The Labute approximate surface area is 140 Å². The van der Waals surface area contributed by atoms with E-state index in [1.165, 1.54) is 25.0 Å². The van der Waals surface area contributed by atoms with E-state index in [-0.39, 0.29) is 5.82 Å². The Hall–Kier alpha value is -2.56. The summed E-state index contributed by atoms with van der Waals surface area (Å²) in [5, 5.41) is 0. The van der Waals surface area contributed by atoms with Crippen LogP contribution in [0.5, 0.6) is 0 Å². The Bertz CT molecular complexity index is 848. The van der Waals surface area contributed by atoms with Crippen LogP contribution >= 0.6 is 0 Å². The molecule has 2 heterocycles. The van der Waals surface area contributed by atoms with Crippen molar-refractivity contribution in [3.8, 4) is 0 Å². The third-order valence-corrected chi connectivity index (χ3v) is 4.68. The highest BCUT2D eigenvalue weighted by atomic mass is 19.1. The molecule has 1 aliphatic heterocycles. The summed E-state index contributed by atoms with van der Waals surface area (Å²) in [5.41, 5.74) is 9.82. The monoisotopic (exact) mass is 324 g/mol. The first-order valence-electron chi connectivity index (χ1n) is 8.46. The van der Waals surface area contributed by atoms with E-state index < -0.39 is 0 Å². The zero-order valence-corrected chi connectivity index (χ0v) is 13.6. The van der Waals surface area contributed by atoms with Gasteiger partial charge in [-0.25, -0.2) is 9.37 Å². The predicted octanol–water partition coefficient (Wildman–Crippen LogP) is 3.60. The zero-order valence-electron chi connectivity index (χ0n) is 13.6. The van der Waals surface area contributed by atoms with Crippen LogP contribution in [0.4, 0.5) is 16.0 Å². The summed E-state index contributed by atoms with van der Waals surface area (Å²) < 4.78 is 15.3. The smallest absolute Gasteiger partial charge is 0.206 e. The number of halogens is 1. The van der Waals surface area contributed by atoms with E-state index in [1.54, 1.807) is 0 Å². The first-order chi connectivity index (χ1) is 11.7.